The van der Waals surface area contributed by atoms with Crippen LogP contribution < -0.4 is 5.32 Å². The highest BCUT2D eigenvalue weighted by Gasteiger charge is 2.53. The number of carbonyl (C=O) groups excluding carboxylic acids is 2. The lowest BCUT2D eigenvalue weighted by atomic mass is 9.81. The number of urea groups is 1. The molecule has 3 amide bonds. The highest BCUT2D eigenvalue weighted by molar-refractivity contribution is 6.09. The predicted molar refractivity (Wildman–Crippen MR) is 103 cm³/mol. The molecule has 6 heteroatoms. The molecule has 1 N–H and O–H groups in total. The van der Waals surface area contributed by atoms with E-state index in [4.69, 9.17) is 4.52 Å². The number of nitrogens with zero attached hydrogens (tertiary/aromatic N) is 2. The Bertz CT molecular complexity index is 1060. The number of hydrogen-bond donors (Lipinski definition) is 1. The molecule has 1 atom stereocenters. The first-order valence-corrected chi connectivity index (χ1v) is 9.11. The molecule has 0 saturated carbocycles. The standard InChI is InChI=1S/C22H21N3O3/c1-14-9-10-18(11-15(14)2)22(17-7-5-4-6-8-17)20(26)25(21(27)23-22)13-19-12-16(3)28-24-19/h4-12H,13H2,1-3H3,(H,23,27)/t22-/m1/s1. The van der Waals surface area contributed by atoms with Crippen LogP contribution in [0.4, 0.5) is 4.79 Å². The van der Waals surface area contributed by atoms with E-state index in [1.165, 1.54) is 4.90 Å². The average Bonchev–Trinajstić information content (AvgIpc) is 3.21. The van der Waals surface area contributed by atoms with Crippen LogP contribution in [0, 0.1) is 20.8 Å². The monoisotopic (exact) mass is 375 g/mol. The van der Waals surface area contributed by atoms with E-state index in [-0.39, 0.29) is 12.5 Å². The molecule has 6 nitrogen and oxygen atoms in total. The number of amides is 3. The number of rotatable bonds is 4. The van der Waals surface area contributed by atoms with E-state index in [1.54, 1.807) is 13.0 Å². The van der Waals surface area contributed by atoms with Gasteiger partial charge in [0.25, 0.3) is 5.91 Å². The molecule has 4 rings (SSSR count). The van der Waals surface area contributed by atoms with Gasteiger partial charge in [-0.1, -0.05) is 53.7 Å². The van der Waals surface area contributed by atoms with E-state index in [1.807, 2.05) is 62.4 Å². The molecule has 1 aliphatic heterocycles. The van der Waals surface area contributed by atoms with Crippen LogP contribution >= 0.6 is 0 Å². The van der Waals surface area contributed by atoms with E-state index in [9.17, 15) is 9.59 Å². The second kappa shape index (κ2) is 6.64. The van der Waals surface area contributed by atoms with Crippen molar-refractivity contribution in [1.29, 1.82) is 0 Å². The topological polar surface area (TPSA) is 75.4 Å². The summed E-state index contributed by atoms with van der Waals surface area (Å²) in [7, 11) is 0. The summed E-state index contributed by atoms with van der Waals surface area (Å²) in [5.74, 6) is 0.304. The fraction of sp³-hybridized carbons (Fsp3) is 0.227. The van der Waals surface area contributed by atoms with Gasteiger partial charge in [-0.3, -0.25) is 9.69 Å². The fourth-order valence-corrected chi connectivity index (χ4v) is 3.59. The van der Waals surface area contributed by atoms with Gasteiger partial charge in [0.1, 0.15) is 11.5 Å². The maximum absolute atomic E-state index is 13.6. The van der Waals surface area contributed by atoms with Crippen LogP contribution in [-0.2, 0) is 16.9 Å². The Hall–Kier alpha value is -3.41. The van der Waals surface area contributed by atoms with E-state index in [0.29, 0.717) is 11.5 Å². The Morgan fingerprint density at radius 3 is 2.36 bits per heavy atom. The first-order chi connectivity index (χ1) is 13.4. The molecule has 0 aliphatic carbocycles. The maximum atomic E-state index is 13.6. The Morgan fingerprint density at radius 2 is 1.71 bits per heavy atom. The predicted octanol–water partition coefficient (Wildman–Crippen LogP) is 3.60. The van der Waals surface area contributed by atoms with Crippen LogP contribution in [-0.4, -0.2) is 22.0 Å². The smallest absolute Gasteiger partial charge is 0.325 e. The number of aryl methyl sites for hydroxylation is 3. The second-order valence-electron chi connectivity index (χ2n) is 7.17. The first kappa shape index (κ1) is 18.0. The summed E-state index contributed by atoms with van der Waals surface area (Å²) in [6.07, 6.45) is 0. The maximum Gasteiger partial charge on any atom is 0.325 e. The Labute approximate surface area is 163 Å². The second-order valence-corrected chi connectivity index (χ2v) is 7.17. The van der Waals surface area contributed by atoms with Gasteiger partial charge in [0, 0.05) is 6.07 Å². The lowest BCUT2D eigenvalue weighted by Crippen LogP contribution is -2.45. The van der Waals surface area contributed by atoms with Crippen LogP contribution in [0.25, 0.3) is 0 Å². The summed E-state index contributed by atoms with van der Waals surface area (Å²) in [6.45, 7) is 5.84. The average molecular weight is 375 g/mol. The van der Waals surface area contributed by atoms with Gasteiger partial charge in [-0.15, -0.1) is 0 Å². The Kier molecular flexibility index (Phi) is 4.26. The van der Waals surface area contributed by atoms with Gasteiger partial charge in [-0.05, 0) is 43.0 Å². The van der Waals surface area contributed by atoms with E-state index >= 15 is 0 Å². The van der Waals surface area contributed by atoms with Crippen LogP contribution in [0.2, 0.25) is 0 Å². The van der Waals surface area contributed by atoms with Crippen molar-refractivity contribution in [1.82, 2.24) is 15.4 Å². The lowest BCUT2D eigenvalue weighted by Gasteiger charge is -2.28. The SMILES string of the molecule is Cc1cc(CN2C(=O)N[C@](c3ccccc3)(c3ccc(C)c(C)c3)C2=O)no1. The van der Waals surface area contributed by atoms with Gasteiger partial charge >= 0.3 is 6.03 Å². The molecule has 3 aromatic rings. The zero-order valence-corrected chi connectivity index (χ0v) is 16.0. The summed E-state index contributed by atoms with van der Waals surface area (Å²) in [4.78, 5) is 27.7. The van der Waals surface area contributed by atoms with E-state index < -0.39 is 11.6 Å². The summed E-state index contributed by atoms with van der Waals surface area (Å²) in [5, 5.41) is 6.87. The quantitative estimate of drug-likeness (QED) is 0.707. The summed E-state index contributed by atoms with van der Waals surface area (Å²) in [6, 6.07) is 16.4. The molecular weight excluding hydrogens is 354 g/mol. The van der Waals surface area contributed by atoms with Gasteiger partial charge in [0.05, 0.1) is 6.54 Å². The third-order valence-corrected chi connectivity index (χ3v) is 5.25. The first-order valence-electron chi connectivity index (χ1n) is 9.11. The van der Waals surface area contributed by atoms with Crippen LogP contribution in [0.1, 0.15) is 33.7 Å². The highest BCUT2D eigenvalue weighted by atomic mass is 16.5. The molecular formula is C22H21N3O3. The van der Waals surface area contributed by atoms with Gasteiger partial charge in [-0.25, -0.2) is 4.79 Å². The van der Waals surface area contributed by atoms with Crippen LogP contribution in [0.3, 0.4) is 0 Å². The van der Waals surface area contributed by atoms with Crippen molar-refractivity contribution in [3.63, 3.8) is 0 Å². The van der Waals surface area contributed by atoms with Crippen LogP contribution in [0.5, 0.6) is 0 Å². The van der Waals surface area contributed by atoms with Gasteiger partial charge in [-0.2, -0.15) is 0 Å². The molecule has 0 radical (unpaired) electrons. The summed E-state index contributed by atoms with van der Waals surface area (Å²) >= 11 is 0. The Morgan fingerprint density at radius 1 is 0.964 bits per heavy atom. The van der Waals surface area contributed by atoms with Crippen molar-refractivity contribution in [3.05, 3.63) is 88.3 Å². The summed E-state index contributed by atoms with van der Waals surface area (Å²) in [5.41, 5.74) is 2.90. The molecule has 1 aliphatic rings. The fourth-order valence-electron chi connectivity index (χ4n) is 3.59. The third-order valence-electron chi connectivity index (χ3n) is 5.25. The third kappa shape index (κ3) is 2.78. The van der Waals surface area contributed by atoms with Crippen molar-refractivity contribution >= 4 is 11.9 Å². The molecule has 0 bridgehead atoms. The summed E-state index contributed by atoms with van der Waals surface area (Å²) < 4.78 is 5.08. The molecule has 1 fully saturated rings. The molecule has 0 spiro atoms. The molecule has 1 aromatic heterocycles. The number of hydrogen-bond acceptors (Lipinski definition) is 4. The number of benzene rings is 2. The minimum absolute atomic E-state index is 0.0570. The van der Waals surface area contributed by atoms with Crippen molar-refractivity contribution in [2.75, 3.05) is 0 Å². The van der Waals surface area contributed by atoms with E-state index in [0.717, 1.165) is 22.3 Å². The van der Waals surface area contributed by atoms with Crippen molar-refractivity contribution in [2.24, 2.45) is 0 Å². The molecule has 1 saturated heterocycles. The molecule has 142 valence electrons. The number of nitrogens with one attached hydrogen (secondary N) is 1. The minimum atomic E-state index is -1.27. The molecule has 28 heavy (non-hydrogen) atoms. The zero-order chi connectivity index (χ0) is 19.9. The largest absolute Gasteiger partial charge is 0.361 e. The zero-order valence-electron chi connectivity index (χ0n) is 16.0. The van der Waals surface area contributed by atoms with Gasteiger partial charge in [0.15, 0.2) is 5.54 Å². The number of imide groups is 1. The van der Waals surface area contributed by atoms with Crippen molar-refractivity contribution in [2.45, 2.75) is 32.9 Å². The molecule has 2 aromatic carbocycles. The van der Waals surface area contributed by atoms with Crippen molar-refractivity contribution in [3.8, 4) is 0 Å². The van der Waals surface area contributed by atoms with Crippen molar-refractivity contribution < 1.29 is 14.1 Å². The van der Waals surface area contributed by atoms with Crippen LogP contribution in [0.15, 0.2) is 59.1 Å². The number of carbonyl (C=O) groups is 2. The normalized spacial score (nSPS) is 19.2. The van der Waals surface area contributed by atoms with Gasteiger partial charge < -0.3 is 9.84 Å². The minimum Gasteiger partial charge on any atom is -0.361 e. The lowest BCUT2D eigenvalue weighted by molar-refractivity contribution is -0.130. The Balaban J connectivity index is 1.83. The molecule has 0 unspecified atom stereocenters. The van der Waals surface area contributed by atoms with Gasteiger partial charge in [0.2, 0.25) is 0 Å². The highest BCUT2D eigenvalue weighted by Crippen LogP contribution is 2.37. The molecule has 2 heterocycles. The van der Waals surface area contributed by atoms with E-state index in [2.05, 4.69) is 10.5 Å². The number of aromatic nitrogens is 1.